The Hall–Kier alpha value is -0.430. The average Bonchev–Trinajstić information content (AvgIpc) is 2.86. The number of nitrogens with two attached hydrogens (primary N) is 1. The molecule has 21 heavy (non-hydrogen) atoms. The minimum Gasteiger partial charge on any atom is -0.380 e. The molecule has 0 radical (unpaired) electrons. The van der Waals surface area contributed by atoms with Crippen LogP contribution in [0.5, 0.6) is 0 Å². The summed E-state index contributed by atoms with van der Waals surface area (Å²) >= 11 is 1.72. The lowest BCUT2D eigenvalue weighted by molar-refractivity contribution is 0.0457. The fourth-order valence-corrected chi connectivity index (χ4v) is 4.77. The number of rotatable bonds is 11. The predicted octanol–water partition coefficient (Wildman–Crippen LogP) is 3.18. The van der Waals surface area contributed by atoms with E-state index in [9.17, 15) is 8.42 Å². The van der Waals surface area contributed by atoms with Crippen molar-refractivity contribution in [3.63, 3.8) is 0 Å². The summed E-state index contributed by atoms with van der Waals surface area (Å²) in [7, 11) is -3.48. The van der Waals surface area contributed by atoms with Crippen LogP contribution in [0.1, 0.15) is 44.4 Å². The highest BCUT2D eigenvalue weighted by molar-refractivity contribution is 7.89. The number of primary sulfonamides is 1. The first-order valence-electron chi connectivity index (χ1n) is 7.51. The summed E-state index contributed by atoms with van der Waals surface area (Å²) < 4.78 is 28.9. The van der Waals surface area contributed by atoms with E-state index in [0.29, 0.717) is 13.2 Å². The van der Waals surface area contributed by atoms with Gasteiger partial charge in [-0.3, -0.25) is 0 Å². The third-order valence-electron chi connectivity index (χ3n) is 3.55. The van der Waals surface area contributed by atoms with Crippen LogP contribution in [-0.4, -0.2) is 27.4 Å². The van der Waals surface area contributed by atoms with Crippen LogP contribution in [0.3, 0.4) is 0 Å². The molecule has 1 aromatic heterocycles. The van der Waals surface area contributed by atoms with Gasteiger partial charge in [0.25, 0.3) is 0 Å². The lowest BCUT2D eigenvalue weighted by atomic mass is 9.82. The third kappa shape index (κ3) is 7.40. The number of ether oxygens (including phenoxy) is 1. The highest BCUT2D eigenvalue weighted by atomic mass is 32.2. The Morgan fingerprint density at radius 3 is 2.43 bits per heavy atom. The average molecular weight is 334 g/mol. The first kappa shape index (κ1) is 18.6. The normalized spacial score (nSPS) is 12.7. The summed E-state index contributed by atoms with van der Waals surface area (Å²) in [4.78, 5) is 1.29. The van der Waals surface area contributed by atoms with Gasteiger partial charge in [-0.1, -0.05) is 32.8 Å². The van der Waals surface area contributed by atoms with Gasteiger partial charge in [0, 0.05) is 16.7 Å². The van der Waals surface area contributed by atoms with E-state index in [4.69, 9.17) is 9.88 Å². The molecule has 0 spiro atoms. The maximum atomic E-state index is 11.5. The van der Waals surface area contributed by atoms with Gasteiger partial charge in [-0.25, -0.2) is 13.6 Å². The number of sulfonamides is 1. The topological polar surface area (TPSA) is 69.4 Å². The van der Waals surface area contributed by atoms with Gasteiger partial charge in [0.2, 0.25) is 10.0 Å². The highest BCUT2D eigenvalue weighted by Crippen LogP contribution is 2.31. The molecule has 1 rings (SSSR count). The van der Waals surface area contributed by atoms with Crippen molar-refractivity contribution in [2.75, 3.05) is 19.0 Å². The monoisotopic (exact) mass is 333 g/mol. The molecule has 0 aliphatic rings. The Morgan fingerprint density at radius 1 is 1.29 bits per heavy atom. The van der Waals surface area contributed by atoms with Gasteiger partial charge in [-0.15, -0.1) is 11.3 Å². The summed E-state index contributed by atoms with van der Waals surface area (Å²) in [6.45, 7) is 5.23. The van der Waals surface area contributed by atoms with E-state index in [-0.39, 0.29) is 11.2 Å². The van der Waals surface area contributed by atoms with E-state index >= 15 is 0 Å². The van der Waals surface area contributed by atoms with Crippen molar-refractivity contribution in [3.8, 4) is 0 Å². The molecule has 0 aliphatic carbocycles. The molecule has 0 aliphatic heterocycles. The van der Waals surface area contributed by atoms with Crippen molar-refractivity contribution in [1.29, 1.82) is 0 Å². The lowest BCUT2D eigenvalue weighted by Crippen LogP contribution is -2.37. The molecule has 2 N–H and O–H groups in total. The van der Waals surface area contributed by atoms with Crippen LogP contribution >= 0.6 is 11.3 Å². The van der Waals surface area contributed by atoms with Gasteiger partial charge in [-0.05, 0) is 24.3 Å². The van der Waals surface area contributed by atoms with Crippen LogP contribution in [0, 0.1) is 5.41 Å². The molecule has 0 atom stereocenters. The van der Waals surface area contributed by atoms with Crippen LogP contribution in [0.4, 0.5) is 0 Å². The largest absolute Gasteiger partial charge is 0.380 e. The van der Waals surface area contributed by atoms with Crippen molar-refractivity contribution in [2.24, 2.45) is 10.6 Å². The molecule has 1 aromatic rings. The van der Waals surface area contributed by atoms with Gasteiger partial charge in [-0.2, -0.15) is 0 Å². The SMILES string of the molecule is CCCC(CCC)(COCCc1cccs1)CS(N)(=O)=O. The molecule has 4 nitrogen and oxygen atoms in total. The van der Waals surface area contributed by atoms with Gasteiger partial charge in [0.15, 0.2) is 0 Å². The minimum absolute atomic E-state index is 0.0146. The molecule has 0 unspecified atom stereocenters. The van der Waals surface area contributed by atoms with Crippen LogP contribution in [0.15, 0.2) is 17.5 Å². The highest BCUT2D eigenvalue weighted by Gasteiger charge is 2.33. The third-order valence-corrected chi connectivity index (χ3v) is 5.50. The van der Waals surface area contributed by atoms with E-state index in [1.165, 1.54) is 4.88 Å². The Kier molecular flexibility index (Phi) is 7.87. The van der Waals surface area contributed by atoms with E-state index in [1.54, 1.807) is 11.3 Å². The first-order chi connectivity index (χ1) is 9.91. The Labute approximate surface area is 132 Å². The van der Waals surface area contributed by atoms with Gasteiger partial charge in [0.1, 0.15) is 0 Å². The fraction of sp³-hybridized carbons (Fsp3) is 0.733. The van der Waals surface area contributed by atoms with Gasteiger partial charge < -0.3 is 4.74 Å². The standard InChI is InChI=1S/C15H27NO3S2/c1-3-8-15(9-4-2,13-21(16,17)18)12-19-10-7-14-6-5-11-20-14/h5-6,11H,3-4,7-10,12-13H2,1-2H3,(H2,16,17,18). The summed E-state index contributed by atoms with van der Waals surface area (Å²) in [5.41, 5.74) is -0.341. The number of hydrogen-bond donors (Lipinski definition) is 1. The second kappa shape index (κ2) is 8.88. The zero-order valence-electron chi connectivity index (χ0n) is 13.0. The molecule has 1 heterocycles. The molecule has 0 fully saturated rings. The number of thiophene rings is 1. The van der Waals surface area contributed by atoms with E-state index in [1.807, 2.05) is 6.07 Å². The van der Waals surface area contributed by atoms with Crippen molar-refractivity contribution in [2.45, 2.75) is 46.0 Å². The van der Waals surface area contributed by atoms with Crippen molar-refractivity contribution in [1.82, 2.24) is 0 Å². The molecule has 0 bridgehead atoms. The Balaban J connectivity index is 2.57. The van der Waals surface area contributed by atoms with E-state index in [0.717, 1.165) is 32.1 Å². The summed E-state index contributed by atoms with van der Waals surface area (Å²) in [5, 5.41) is 7.33. The van der Waals surface area contributed by atoms with Crippen LogP contribution in [-0.2, 0) is 21.2 Å². The Bertz CT molecular complexity index is 477. The van der Waals surface area contributed by atoms with Crippen LogP contribution in [0.2, 0.25) is 0 Å². The maximum absolute atomic E-state index is 11.5. The van der Waals surface area contributed by atoms with Crippen molar-refractivity contribution >= 4 is 21.4 Å². The molecular formula is C15H27NO3S2. The fourth-order valence-electron chi connectivity index (χ4n) is 2.86. The molecule has 6 heteroatoms. The number of hydrogen-bond acceptors (Lipinski definition) is 4. The molecule has 0 saturated carbocycles. The molecular weight excluding hydrogens is 306 g/mol. The van der Waals surface area contributed by atoms with E-state index in [2.05, 4.69) is 25.3 Å². The first-order valence-corrected chi connectivity index (χ1v) is 10.1. The smallest absolute Gasteiger partial charge is 0.209 e. The molecule has 0 amide bonds. The Morgan fingerprint density at radius 2 is 1.95 bits per heavy atom. The zero-order valence-corrected chi connectivity index (χ0v) is 14.6. The van der Waals surface area contributed by atoms with Crippen LogP contribution in [0.25, 0.3) is 0 Å². The van der Waals surface area contributed by atoms with E-state index < -0.39 is 10.0 Å². The molecule has 0 saturated heterocycles. The van der Waals surface area contributed by atoms with Crippen molar-refractivity contribution < 1.29 is 13.2 Å². The maximum Gasteiger partial charge on any atom is 0.209 e. The van der Waals surface area contributed by atoms with Crippen LogP contribution < -0.4 is 5.14 Å². The van der Waals surface area contributed by atoms with Crippen molar-refractivity contribution in [3.05, 3.63) is 22.4 Å². The minimum atomic E-state index is -3.48. The predicted molar refractivity (Wildman–Crippen MR) is 89.1 cm³/mol. The second-order valence-electron chi connectivity index (χ2n) is 5.69. The summed E-state index contributed by atoms with van der Waals surface area (Å²) in [5.74, 6) is 0.0146. The summed E-state index contributed by atoms with van der Waals surface area (Å²) in [6, 6.07) is 4.11. The lowest BCUT2D eigenvalue weighted by Gasteiger charge is -2.32. The zero-order chi connectivity index (χ0) is 15.8. The van der Waals surface area contributed by atoms with Gasteiger partial charge >= 0.3 is 0 Å². The summed E-state index contributed by atoms with van der Waals surface area (Å²) in [6.07, 6.45) is 4.40. The van der Waals surface area contributed by atoms with Gasteiger partial charge in [0.05, 0.1) is 19.0 Å². The second-order valence-corrected chi connectivity index (χ2v) is 8.34. The molecule has 0 aromatic carbocycles. The quantitative estimate of drug-likeness (QED) is 0.632. The molecule has 122 valence electrons.